The zero-order valence-corrected chi connectivity index (χ0v) is 13.2. The van der Waals surface area contributed by atoms with Crippen molar-refractivity contribution in [2.75, 3.05) is 37.5 Å². The van der Waals surface area contributed by atoms with E-state index in [0.29, 0.717) is 23.9 Å². The number of hydrogen-bond acceptors (Lipinski definition) is 8. The fraction of sp³-hybridized carbons (Fsp3) is 0.769. The van der Waals surface area contributed by atoms with Crippen molar-refractivity contribution in [2.45, 2.75) is 38.8 Å². The first kappa shape index (κ1) is 15.7. The van der Waals surface area contributed by atoms with Gasteiger partial charge in [-0.2, -0.15) is 15.0 Å². The molecule has 0 bridgehead atoms. The number of anilines is 2. The van der Waals surface area contributed by atoms with Gasteiger partial charge in [0.05, 0.1) is 6.10 Å². The van der Waals surface area contributed by atoms with Crippen LogP contribution in [0.4, 0.5) is 11.9 Å². The largest absolute Gasteiger partial charge is 0.461 e. The predicted octanol–water partition coefficient (Wildman–Crippen LogP) is 0.475. The van der Waals surface area contributed by atoms with Crippen LogP contribution in [0.5, 0.6) is 6.01 Å². The number of ether oxygens (including phenoxy) is 1. The average Bonchev–Trinajstić information content (AvgIpc) is 2.84. The molecule has 1 aromatic heterocycles. The Labute approximate surface area is 125 Å². The van der Waals surface area contributed by atoms with Crippen LogP contribution in [-0.4, -0.2) is 59.2 Å². The van der Waals surface area contributed by atoms with Gasteiger partial charge in [-0.1, -0.05) is 0 Å². The molecule has 0 aromatic carbocycles. The van der Waals surface area contributed by atoms with E-state index in [0.717, 1.165) is 25.9 Å². The van der Waals surface area contributed by atoms with Crippen LogP contribution in [0.3, 0.4) is 0 Å². The van der Waals surface area contributed by atoms with Gasteiger partial charge in [-0.15, -0.1) is 0 Å². The van der Waals surface area contributed by atoms with Gasteiger partial charge >= 0.3 is 6.01 Å². The number of nitrogens with two attached hydrogens (primary N) is 1. The third-order valence-corrected chi connectivity index (χ3v) is 3.28. The van der Waals surface area contributed by atoms with Gasteiger partial charge in [0, 0.05) is 19.1 Å². The SMILES string of the molecule is CC(C)Oc1nc(NN)nc(N2CCCC2CN(C)C)n1. The number of aromatic nitrogens is 3. The molecule has 1 fully saturated rings. The highest BCUT2D eigenvalue weighted by Crippen LogP contribution is 2.25. The van der Waals surface area contributed by atoms with E-state index in [-0.39, 0.29) is 6.10 Å². The molecule has 0 radical (unpaired) electrons. The molecule has 0 spiro atoms. The fourth-order valence-electron chi connectivity index (χ4n) is 2.51. The highest BCUT2D eigenvalue weighted by atomic mass is 16.5. The lowest BCUT2D eigenvalue weighted by Gasteiger charge is -2.27. The minimum Gasteiger partial charge on any atom is -0.461 e. The summed E-state index contributed by atoms with van der Waals surface area (Å²) in [6.45, 7) is 5.78. The van der Waals surface area contributed by atoms with Crippen LogP contribution in [-0.2, 0) is 0 Å². The van der Waals surface area contributed by atoms with E-state index in [1.54, 1.807) is 0 Å². The van der Waals surface area contributed by atoms with Gasteiger partial charge in [-0.25, -0.2) is 5.84 Å². The summed E-state index contributed by atoms with van der Waals surface area (Å²) < 4.78 is 5.58. The number of nitrogens with zero attached hydrogens (tertiary/aromatic N) is 5. The van der Waals surface area contributed by atoms with Crippen LogP contribution in [0.2, 0.25) is 0 Å². The smallest absolute Gasteiger partial charge is 0.323 e. The Morgan fingerprint density at radius 2 is 2.14 bits per heavy atom. The van der Waals surface area contributed by atoms with Crippen molar-refractivity contribution in [2.24, 2.45) is 5.84 Å². The number of nitrogen functional groups attached to an aromatic ring is 1. The van der Waals surface area contributed by atoms with Crippen molar-refractivity contribution in [3.05, 3.63) is 0 Å². The van der Waals surface area contributed by atoms with Crippen LogP contribution in [0.15, 0.2) is 0 Å². The van der Waals surface area contributed by atoms with E-state index < -0.39 is 0 Å². The van der Waals surface area contributed by atoms with E-state index in [2.05, 4.69) is 44.3 Å². The van der Waals surface area contributed by atoms with Gasteiger partial charge in [0.25, 0.3) is 0 Å². The first-order valence-electron chi connectivity index (χ1n) is 7.30. The fourth-order valence-corrected chi connectivity index (χ4v) is 2.51. The molecule has 1 aliphatic heterocycles. The Kier molecular flexibility index (Phi) is 5.13. The van der Waals surface area contributed by atoms with E-state index >= 15 is 0 Å². The lowest BCUT2D eigenvalue weighted by atomic mass is 10.2. The van der Waals surface area contributed by atoms with Crippen molar-refractivity contribution in [3.63, 3.8) is 0 Å². The van der Waals surface area contributed by atoms with E-state index in [1.165, 1.54) is 0 Å². The summed E-state index contributed by atoms with van der Waals surface area (Å²) >= 11 is 0. The lowest BCUT2D eigenvalue weighted by Crippen LogP contribution is -2.38. The van der Waals surface area contributed by atoms with Gasteiger partial charge in [0.15, 0.2) is 0 Å². The van der Waals surface area contributed by atoms with Gasteiger partial charge in [0.1, 0.15) is 0 Å². The Morgan fingerprint density at radius 3 is 2.76 bits per heavy atom. The molecule has 8 heteroatoms. The highest BCUT2D eigenvalue weighted by molar-refractivity contribution is 5.40. The number of rotatable bonds is 6. The summed E-state index contributed by atoms with van der Waals surface area (Å²) in [5.41, 5.74) is 2.48. The maximum Gasteiger partial charge on any atom is 0.323 e. The molecule has 0 aliphatic carbocycles. The monoisotopic (exact) mass is 295 g/mol. The van der Waals surface area contributed by atoms with E-state index in [4.69, 9.17) is 10.6 Å². The van der Waals surface area contributed by atoms with Crippen molar-refractivity contribution in [3.8, 4) is 6.01 Å². The molecular weight excluding hydrogens is 270 g/mol. The van der Waals surface area contributed by atoms with E-state index in [1.807, 2.05) is 13.8 Å². The van der Waals surface area contributed by atoms with Gasteiger partial charge in [-0.3, -0.25) is 5.43 Å². The van der Waals surface area contributed by atoms with Crippen molar-refractivity contribution < 1.29 is 4.74 Å². The average molecular weight is 295 g/mol. The summed E-state index contributed by atoms with van der Waals surface area (Å²) in [4.78, 5) is 17.3. The molecule has 1 unspecified atom stereocenters. The lowest BCUT2D eigenvalue weighted by molar-refractivity contribution is 0.222. The first-order valence-corrected chi connectivity index (χ1v) is 7.30. The number of hydrazine groups is 1. The zero-order valence-electron chi connectivity index (χ0n) is 13.2. The molecule has 1 aliphatic rings. The van der Waals surface area contributed by atoms with Gasteiger partial charge in [-0.05, 0) is 40.8 Å². The molecule has 1 aromatic rings. The molecular formula is C13H25N7O. The van der Waals surface area contributed by atoms with Crippen molar-refractivity contribution in [1.29, 1.82) is 0 Å². The highest BCUT2D eigenvalue weighted by Gasteiger charge is 2.28. The second kappa shape index (κ2) is 6.86. The molecule has 3 N–H and O–H groups in total. The minimum atomic E-state index is 0.00187. The normalized spacial score (nSPS) is 18.6. The van der Waals surface area contributed by atoms with Crippen molar-refractivity contribution in [1.82, 2.24) is 19.9 Å². The summed E-state index contributed by atoms with van der Waals surface area (Å²) in [6, 6.07) is 0.707. The summed E-state index contributed by atoms with van der Waals surface area (Å²) in [6.07, 6.45) is 2.27. The molecule has 2 rings (SSSR count). The van der Waals surface area contributed by atoms with Crippen molar-refractivity contribution >= 4 is 11.9 Å². The van der Waals surface area contributed by atoms with Crippen LogP contribution in [0, 0.1) is 0 Å². The molecule has 1 saturated heterocycles. The maximum absolute atomic E-state index is 5.58. The maximum atomic E-state index is 5.58. The molecule has 2 heterocycles. The Balaban J connectivity index is 2.24. The molecule has 118 valence electrons. The van der Waals surface area contributed by atoms with Crippen LogP contribution < -0.4 is 20.9 Å². The molecule has 8 nitrogen and oxygen atoms in total. The number of likely N-dealkylation sites (N-methyl/N-ethyl adjacent to an activating group) is 1. The third kappa shape index (κ3) is 4.15. The zero-order chi connectivity index (χ0) is 15.4. The standard InChI is InChI=1S/C13H25N7O/c1-9(2)21-13-16-11(18-14)15-12(17-13)20-7-5-6-10(20)8-19(3)4/h9-10H,5-8,14H2,1-4H3,(H,15,16,17,18). The molecule has 0 amide bonds. The Bertz CT molecular complexity index is 466. The molecule has 1 atom stereocenters. The third-order valence-electron chi connectivity index (χ3n) is 3.28. The quantitative estimate of drug-likeness (QED) is 0.578. The Hall–Kier alpha value is -1.67. The van der Waals surface area contributed by atoms with Crippen LogP contribution in [0.25, 0.3) is 0 Å². The van der Waals surface area contributed by atoms with Gasteiger partial charge < -0.3 is 14.5 Å². The summed E-state index contributed by atoms with van der Waals surface area (Å²) in [7, 11) is 4.15. The second-order valence-corrected chi connectivity index (χ2v) is 5.80. The van der Waals surface area contributed by atoms with E-state index in [9.17, 15) is 0 Å². The number of hydrogen-bond donors (Lipinski definition) is 2. The predicted molar refractivity (Wildman–Crippen MR) is 82.3 cm³/mol. The first-order chi connectivity index (χ1) is 9.99. The molecule has 21 heavy (non-hydrogen) atoms. The number of nitrogens with one attached hydrogen (secondary N) is 1. The summed E-state index contributed by atoms with van der Waals surface area (Å²) in [5, 5.41) is 0. The minimum absolute atomic E-state index is 0.00187. The Morgan fingerprint density at radius 1 is 1.38 bits per heavy atom. The summed E-state index contributed by atoms with van der Waals surface area (Å²) in [5.74, 6) is 6.40. The van der Waals surface area contributed by atoms with Crippen LogP contribution in [0.1, 0.15) is 26.7 Å². The second-order valence-electron chi connectivity index (χ2n) is 5.80. The van der Waals surface area contributed by atoms with Gasteiger partial charge in [0.2, 0.25) is 11.9 Å². The van der Waals surface area contributed by atoms with Crippen LogP contribution >= 0.6 is 0 Å². The topological polar surface area (TPSA) is 92.4 Å². The molecule has 0 saturated carbocycles.